The molecular weight excluding hydrogens is 260 g/mol. The summed E-state index contributed by atoms with van der Waals surface area (Å²) in [7, 11) is 1.81. The molecule has 2 rings (SSSR count). The lowest BCUT2D eigenvalue weighted by Gasteiger charge is -2.07. The molecule has 0 bridgehead atoms. The number of allylic oxidation sites excluding steroid dienone is 2. The molecule has 1 aromatic carbocycles. The van der Waals surface area contributed by atoms with E-state index >= 15 is 0 Å². The van der Waals surface area contributed by atoms with E-state index in [2.05, 4.69) is 0 Å². The van der Waals surface area contributed by atoms with Crippen molar-refractivity contribution < 1.29 is 0 Å². The Kier molecular flexibility index (Phi) is 3.89. The highest BCUT2D eigenvalue weighted by molar-refractivity contribution is 5.84. The summed E-state index contributed by atoms with van der Waals surface area (Å²) in [4.78, 5) is 0. The quantitative estimate of drug-likeness (QED) is 0.787. The maximum absolute atomic E-state index is 9.23. The number of aromatic nitrogens is 1. The van der Waals surface area contributed by atoms with Crippen LogP contribution in [0.15, 0.2) is 42.0 Å². The predicted octanol–water partition coefficient (Wildman–Crippen LogP) is 3.32. The molecule has 0 radical (unpaired) electrons. The largest absolute Gasteiger partial charge is 0.343 e. The van der Waals surface area contributed by atoms with Gasteiger partial charge in [-0.2, -0.15) is 15.8 Å². The van der Waals surface area contributed by atoms with Gasteiger partial charge in [0.25, 0.3) is 0 Å². The first-order valence-electron chi connectivity index (χ1n) is 6.30. The van der Waals surface area contributed by atoms with Gasteiger partial charge in [0.15, 0.2) is 0 Å². The lowest BCUT2D eigenvalue weighted by atomic mass is 10.1. The molecule has 0 aliphatic carbocycles. The number of rotatable bonds is 2. The smallest absolute Gasteiger partial charge is 0.149 e. The van der Waals surface area contributed by atoms with Crippen molar-refractivity contribution in [3.63, 3.8) is 0 Å². The van der Waals surface area contributed by atoms with Gasteiger partial charge in [0.05, 0.1) is 5.69 Å². The molecule has 100 valence electrons. The summed E-state index contributed by atoms with van der Waals surface area (Å²) in [6.45, 7) is 2.02. The average Bonchev–Trinajstić information content (AvgIpc) is 2.87. The van der Waals surface area contributed by atoms with Crippen molar-refractivity contribution in [3.05, 3.63) is 53.2 Å². The van der Waals surface area contributed by atoms with Crippen LogP contribution in [0.5, 0.6) is 0 Å². The molecule has 2 aromatic rings. The molecule has 0 aliphatic rings. The van der Waals surface area contributed by atoms with Gasteiger partial charge in [-0.05, 0) is 24.6 Å². The Morgan fingerprint density at radius 3 is 2.05 bits per heavy atom. The van der Waals surface area contributed by atoms with Gasteiger partial charge in [-0.25, -0.2) is 0 Å². The van der Waals surface area contributed by atoms with Crippen molar-refractivity contribution in [3.8, 4) is 29.5 Å². The molecular formula is C17H12N4. The first-order chi connectivity index (χ1) is 10.1. The molecule has 21 heavy (non-hydrogen) atoms. The van der Waals surface area contributed by atoms with Crippen molar-refractivity contribution in [2.75, 3.05) is 0 Å². The highest BCUT2D eigenvalue weighted by Crippen LogP contribution is 2.26. The monoisotopic (exact) mass is 272 g/mol. The van der Waals surface area contributed by atoms with Crippen LogP contribution in [0, 0.1) is 40.9 Å². The molecule has 0 spiro atoms. The first-order valence-corrected chi connectivity index (χ1v) is 6.30. The van der Waals surface area contributed by atoms with Gasteiger partial charge in [-0.15, -0.1) is 0 Å². The molecule has 4 nitrogen and oxygen atoms in total. The van der Waals surface area contributed by atoms with E-state index in [1.54, 1.807) is 18.2 Å². The number of nitriles is 3. The standard InChI is InChI=1S/C17H12N4/c1-12-3-5-13(6-4-12)16-7-8-17(21(16)2)15(11-20)14(9-18)10-19/h3-8H,1-2H3. The van der Waals surface area contributed by atoms with Crippen LogP contribution >= 0.6 is 0 Å². The molecule has 0 N–H and O–H groups in total. The third-order valence-corrected chi connectivity index (χ3v) is 3.31. The molecule has 0 unspecified atom stereocenters. The van der Waals surface area contributed by atoms with Crippen LogP contribution in [0.3, 0.4) is 0 Å². The number of aryl methyl sites for hydroxylation is 1. The van der Waals surface area contributed by atoms with Gasteiger partial charge >= 0.3 is 0 Å². The van der Waals surface area contributed by atoms with Crippen LogP contribution in [0.2, 0.25) is 0 Å². The Morgan fingerprint density at radius 1 is 0.905 bits per heavy atom. The zero-order chi connectivity index (χ0) is 15.4. The summed E-state index contributed by atoms with van der Waals surface area (Å²) in [5.74, 6) is 0. The number of hydrogen-bond donors (Lipinski definition) is 0. The van der Waals surface area contributed by atoms with E-state index in [0.29, 0.717) is 5.69 Å². The molecule has 0 saturated heterocycles. The molecule has 1 aromatic heterocycles. The number of benzene rings is 1. The average molecular weight is 272 g/mol. The summed E-state index contributed by atoms with van der Waals surface area (Å²) < 4.78 is 1.82. The van der Waals surface area contributed by atoms with Crippen LogP contribution < -0.4 is 0 Å². The molecule has 0 aliphatic heterocycles. The second-order valence-electron chi connectivity index (χ2n) is 4.61. The Labute approximate surface area is 123 Å². The number of hydrogen-bond acceptors (Lipinski definition) is 3. The third-order valence-electron chi connectivity index (χ3n) is 3.31. The molecule has 0 saturated carbocycles. The van der Waals surface area contributed by atoms with Crippen molar-refractivity contribution >= 4 is 5.57 Å². The van der Waals surface area contributed by atoms with Gasteiger partial charge in [0, 0.05) is 12.7 Å². The van der Waals surface area contributed by atoms with Gasteiger partial charge < -0.3 is 4.57 Å². The van der Waals surface area contributed by atoms with E-state index in [0.717, 1.165) is 11.3 Å². The fourth-order valence-corrected chi connectivity index (χ4v) is 2.15. The van der Waals surface area contributed by atoms with Crippen LogP contribution in [0.1, 0.15) is 11.3 Å². The summed E-state index contributed by atoms with van der Waals surface area (Å²) in [5.41, 5.74) is 3.60. The molecule has 1 heterocycles. The minimum Gasteiger partial charge on any atom is -0.343 e. The van der Waals surface area contributed by atoms with E-state index in [4.69, 9.17) is 10.5 Å². The molecule has 0 fully saturated rings. The minimum atomic E-state index is -0.172. The normalized spacial score (nSPS) is 9.29. The van der Waals surface area contributed by atoms with Crippen molar-refractivity contribution in [1.82, 2.24) is 4.57 Å². The van der Waals surface area contributed by atoms with Gasteiger partial charge in [-0.3, -0.25) is 0 Å². The van der Waals surface area contributed by atoms with Crippen molar-refractivity contribution in [1.29, 1.82) is 15.8 Å². The highest BCUT2D eigenvalue weighted by atomic mass is 15.0. The molecule has 4 heteroatoms. The number of nitrogens with zero attached hydrogens (tertiary/aromatic N) is 4. The lowest BCUT2D eigenvalue weighted by Crippen LogP contribution is -1.98. The predicted molar refractivity (Wildman–Crippen MR) is 79.3 cm³/mol. The van der Waals surface area contributed by atoms with Gasteiger partial charge in [0.2, 0.25) is 0 Å². The van der Waals surface area contributed by atoms with E-state index in [-0.39, 0.29) is 11.1 Å². The first kappa shape index (κ1) is 14.1. The fraction of sp³-hybridized carbons (Fsp3) is 0.118. The Balaban J connectivity index is 2.60. The maximum Gasteiger partial charge on any atom is 0.149 e. The molecule has 0 atom stereocenters. The van der Waals surface area contributed by atoms with Crippen LogP contribution in [0.25, 0.3) is 16.8 Å². The summed E-state index contributed by atoms with van der Waals surface area (Å²) in [6.07, 6.45) is 0. The van der Waals surface area contributed by atoms with Crippen molar-refractivity contribution in [2.24, 2.45) is 7.05 Å². The van der Waals surface area contributed by atoms with Gasteiger partial charge in [-0.1, -0.05) is 29.8 Å². The fourth-order valence-electron chi connectivity index (χ4n) is 2.15. The zero-order valence-corrected chi connectivity index (χ0v) is 11.8. The summed E-state index contributed by atoms with van der Waals surface area (Å²) in [5, 5.41) is 27.1. The third kappa shape index (κ3) is 2.54. The summed E-state index contributed by atoms with van der Waals surface area (Å²) >= 11 is 0. The summed E-state index contributed by atoms with van der Waals surface area (Å²) in [6, 6.07) is 17.1. The maximum atomic E-state index is 9.23. The second kappa shape index (κ2) is 5.78. The second-order valence-corrected chi connectivity index (χ2v) is 4.61. The molecule has 0 amide bonds. The lowest BCUT2D eigenvalue weighted by molar-refractivity contribution is 0.919. The zero-order valence-electron chi connectivity index (χ0n) is 11.8. The van der Waals surface area contributed by atoms with Crippen LogP contribution in [-0.2, 0) is 7.05 Å². The van der Waals surface area contributed by atoms with Crippen LogP contribution in [-0.4, -0.2) is 4.57 Å². The highest BCUT2D eigenvalue weighted by Gasteiger charge is 2.14. The minimum absolute atomic E-state index is 0.0980. The topological polar surface area (TPSA) is 76.3 Å². The van der Waals surface area contributed by atoms with E-state index in [1.165, 1.54) is 5.56 Å². The Morgan fingerprint density at radius 2 is 1.52 bits per heavy atom. The van der Waals surface area contributed by atoms with Gasteiger partial charge in [0.1, 0.15) is 29.4 Å². The van der Waals surface area contributed by atoms with Crippen molar-refractivity contribution in [2.45, 2.75) is 6.92 Å². The van der Waals surface area contributed by atoms with Crippen LogP contribution in [0.4, 0.5) is 0 Å². The van der Waals surface area contributed by atoms with E-state index in [1.807, 2.05) is 54.9 Å². The van der Waals surface area contributed by atoms with E-state index in [9.17, 15) is 5.26 Å². The Bertz CT molecular complexity index is 815. The van der Waals surface area contributed by atoms with E-state index < -0.39 is 0 Å². The Hall–Kier alpha value is -3.29. The SMILES string of the molecule is Cc1ccc(-c2ccc(C(C#N)=C(C#N)C#N)n2C)cc1.